The van der Waals surface area contributed by atoms with Crippen LogP contribution in [0, 0.1) is 5.92 Å². The number of imidazole rings is 1. The monoisotopic (exact) mass is 553 g/mol. The number of fused-ring (bicyclic) bond motifs is 1. The van der Waals surface area contributed by atoms with Gasteiger partial charge in [-0.05, 0) is 29.9 Å². The predicted molar refractivity (Wildman–Crippen MR) is 155 cm³/mol. The van der Waals surface area contributed by atoms with Crippen molar-refractivity contribution in [2.75, 3.05) is 45.6 Å². The van der Waals surface area contributed by atoms with E-state index in [9.17, 15) is 9.59 Å². The molecule has 40 heavy (non-hydrogen) atoms. The Morgan fingerprint density at radius 2 is 1.90 bits per heavy atom. The molecule has 0 spiro atoms. The summed E-state index contributed by atoms with van der Waals surface area (Å²) < 4.78 is 12.1. The molecule has 11 nitrogen and oxygen atoms in total. The Hall–Kier alpha value is -3.44. The lowest BCUT2D eigenvalue weighted by atomic mass is 10.0. The minimum Gasteiger partial charge on any atom is -0.469 e. The van der Waals surface area contributed by atoms with Gasteiger partial charge in [0.25, 0.3) is 0 Å². The molecule has 0 atom stereocenters. The molecule has 1 aliphatic heterocycles. The molecule has 4 rings (SSSR count). The second-order valence-electron chi connectivity index (χ2n) is 11.0. The molecule has 3 N–H and O–H groups in total. The van der Waals surface area contributed by atoms with Crippen LogP contribution in [0.3, 0.4) is 0 Å². The van der Waals surface area contributed by atoms with Crippen molar-refractivity contribution in [1.29, 1.82) is 0 Å². The minimum atomic E-state index is -0.249. The zero-order chi connectivity index (χ0) is 28.6. The number of nitrogens with one attached hydrogen (secondary N) is 1. The van der Waals surface area contributed by atoms with Crippen LogP contribution in [0.25, 0.3) is 11.2 Å². The maximum Gasteiger partial charge on any atom is 0.327 e. The van der Waals surface area contributed by atoms with Crippen molar-refractivity contribution >= 4 is 23.0 Å². The lowest BCUT2D eigenvalue weighted by molar-refractivity contribution is -0.139. The van der Waals surface area contributed by atoms with E-state index in [1.54, 1.807) is 4.57 Å². The highest BCUT2D eigenvalue weighted by Crippen LogP contribution is 2.21. The largest absolute Gasteiger partial charge is 0.469 e. The Bertz CT molecular complexity index is 1310. The molecule has 0 saturated carbocycles. The van der Waals surface area contributed by atoms with Crippen LogP contribution >= 0.6 is 0 Å². The second kappa shape index (κ2) is 13.8. The number of carbonyl (C=O) groups excluding carboxylic acids is 1. The summed E-state index contributed by atoms with van der Waals surface area (Å²) in [6, 6.07) is 8.80. The van der Waals surface area contributed by atoms with Crippen molar-refractivity contribution in [3.63, 3.8) is 0 Å². The van der Waals surface area contributed by atoms with E-state index in [1.807, 2.05) is 12.1 Å². The van der Waals surface area contributed by atoms with Crippen LogP contribution < -0.4 is 16.2 Å². The van der Waals surface area contributed by atoms with Gasteiger partial charge in [-0.2, -0.15) is 9.97 Å². The highest BCUT2D eigenvalue weighted by Gasteiger charge is 2.31. The molecule has 0 unspecified atom stereocenters. The van der Waals surface area contributed by atoms with Crippen molar-refractivity contribution in [2.24, 2.45) is 5.92 Å². The summed E-state index contributed by atoms with van der Waals surface area (Å²) in [5, 5.41) is 0. The van der Waals surface area contributed by atoms with E-state index in [2.05, 4.69) is 57.7 Å². The fourth-order valence-electron chi connectivity index (χ4n) is 5.11. The highest BCUT2D eigenvalue weighted by atomic mass is 16.5. The number of rotatable bonds is 15. The Labute approximate surface area is 235 Å². The molecule has 1 saturated heterocycles. The van der Waals surface area contributed by atoms with Gasteiger partial charge in [0.05, 0.1) is 20.1 Å². The molecular formula is C29H43N7O4. The van der Waals surface area contributed by atoms with Gasteiger partial charge in [-0.1, -0.05) is 51.5 Å². The first-order valence-electron chi connectivity index (χ1n) is 14.3. The topological polar surface area (TPSA) is 132 Å². The summed E-state index contributed by atoms with van der Waals surface area (Å²) in [7, 11) is 1.41. The van der Waals surface area contributed by atoms with Crippen LogP contribution in [0.5, 0.6) is 6.01 Å². The molecule has 1 fully saturated rings. The third kappa shape index (κ3) is 7.60. The summed E-state index contributed by atoms with van der Waals surface area (Å²) in [4.78, 5) is 40.9. The molecule has 218 valence electrons. The number of likely N-dealkylation sites (tertiary alicyclic amines) is 1. The number of carbonyl (C=O) groups is 1. The number of hydrogen-bond acceptors (Lipinski definition) is 9. The van der Waals surface area contributed by atoms with Gasteiger partial charge in [-0.15, -0.1) is 0 Å². The van der Waals surface area contributed by atoms with Gasteiger partial charge >= 0.3 is 17.7 Å². The molecule has 11 heteroatoms. The minimum absolute atomic E-state index is 0.197. The van der Waals surface area contributed by atoms with Crippen LogP contribution in [0.15, 0.2) is 29.1 Å². The third-order valence-electron chi connectivity index (χ3n) is 7.25. The number of aryl methyl sites for hydroxylation is 1. The normalized spacial score (nSPS) is 14.2. The number of aromatic nitrogens is 4. The lowest BCUT2D eigenvalue weighted by Crippen LogP contribution is -2.59. The fraction of sp³-hybridized carbons (Fsp3) is 0.586. The summed E-state index contributed by atoms with van der Waals surface area (Å²) in [5.41, 5.74) is 8.91. The van der Waals surface area contributed by atoms with Crippen molar-refractivity contribution in [1.82, 2.24) is 29.3 Å². The summed E-state index contributed by atoms with van der Waals surface area (Å²) in [5.74, 6) is 0.605. The molecule has 1 aliphatic rings. The van der Waals surface area contributed by atoms with Gasteiger partial charge in [0.1, 0.15) is 5.52 Å². The average molecular weight is 554 g/mol. The van der Waals surface area contributed by atoms with Gasteiger partial charge in [-0.3, -0.25) is 19.2 Å². The zero-order valence-corrected chi connectivity index (χ0v) is 24.2. The number of ether oxygens (including phenoxy) is 2. The molecule has 0 amide bonds. The van der Waals surface area contributed by atoms with Gasteiger partial charge in [0, 0.05) is 45.3 Å². The fourth-order valence-corrected chi connectivity index (χ4v) is 5.11. The number of hydrogen-bond donors (Lipinski definition) is 2. The number of H-pyrrole nitrogens is 1. The Kier molecular flexibility index (Phi) is 10.2. The Balaban J connectivity index is 1.44. The number of nitrogen functional groups attached to an aromatic ring is 1. The molecule has 2 aromatic heterocycles. The summed E-state index contributed by atoms with van der Waals surface area (Å²) in [6.45, 7) is 12.4. The number of nitrogens with two attached hydrogens (primary N) is 1. The van der Waals surface area contributed by atoms with Crippen LogP contribution in [0.1, 0.15) is 51.2 Å². The molecule has 3 aromatic rings. The average Bonchev–Trinajstić information content (AvgIpc) is 3.22. The van der Waals surface area contributed by atoms with E-state index in [1.165, 1.54) is 12.7 Å². The Morgan fingerprint density at radius 1 is 1.18 bits per heavy atom. The zero-order valence-electron chi connectivity index (χ0n) is 24.2. The van der Waals surface area contributed by atoms with Crippen LogP contribution in [-0.4, -0.2) is 81.2 Å². The summed E-state index contributed by atoms with van der Waals surface area (Å²) >= 11 is 0. The van der Waals surface area contributed by atoms with E-state index in [-0.39, 0.29) is 29.9 Å². The number of unbranched alkanes of at least 4 members (excludes halogenated alkanes) is 1. The second-order valence-corrected chi connectivity index (χ2v) is 11.0. The molecule has 3 heterocycles. The molecule has 0 radical (unpaired) electrons. The number of methoxy groups -OCH3 is 1. The van der Waals surface area contributed by atoms with Crippen molar-refractivity contribution < 1.29 is 14.3 Å². The predicted octanol–water partition coefficient (Wildman–Crippen LogP) is 2.83. The van der Waals surface area contributed by atoms with Gasteiger partial charge in [-0.25, -0.2) is 4.79 Å². The maximum absolute atomic E-state index is 12.8. The van der Waals surface area contributed by atoms with Crippen LogP contribution in [0.4, 0.5) is 5.82 Å². The number of aromatic amines is 1. The quantitative estimate of drug-likeness (QED) is 0.215. The highest BCUT2D eigenvalue weighted by molar-refractivity contribution is 5.81. The number of benzene rings is 1. The number of nitrogens with zero attached hydrogens (tertiary/aromatic N) is 5. The SMILES string of the molecule is CCCCOc1nc(N)c2[nH]c(=O)n(CCCN(Cc3ccc(CC(=O)OC)cc3)C3CN(CC(C)C)C3)c2n1. The van der Waals surface area contributed by atoms with Crippen molar-refractivity contribution in [3.05, 3.63) is 45.9 Å². The van der Waals surface area contributed by atoms with Crippen molar-refractivity contribution in [3.8, 4) is 6.01 Å². The Morgan fingerprint density at radius 3 is 2.58 bits per heavy atom. The molecule has 0 aliphatic carbocycles. The standard InChI is InChI=1S/C29H43N7O4/c1-5-6-14-40-28-32-26(30)25-27(33-28)36(29(38)31-25)13-7-12-35(23-18-34(19-23)16-20(2)3)17-22-10-8-21(9-11-22)15-24(37)39-4/h8-11,20,23H,5-7,12-19H2,1-4H3,(H,31,38)(H2,30,32,33). The first-order chi connectivity index (χ1) is 19.3. The lowest BCUT2D eigenvalue weighted by Gasteiger charge is -2.46. The number of anilines is 1. The molecule has 1 aromatic carbocycles. The van der Waals surface area contributed by atoms with Crippen LogP contribution in [0.2, 0.25) is 0 Å². The molecular weight excluding hydrogens is 510 g/mol. The van der Waals surface area contributed by atoms with Gasteiger partial charge in [0.2, 0.25) is 0 Å². The smallest absolute Gasteiger partial charge is 0.327 e. The van der Waals surface area contributed by atoms with E-state index in [0.29, 0.717) is 36.3 Å². The molecule has 0 bridgehead atoms. The third-order valence-corrected chi connectivity index (χ3v) is 7.25. The maximum atomic E-state index is 12.8. The first-order valence-corrected chi connectivity index (χ1v) is 14.3. The van der Waals surface area contributed by atoms with E-state index >= 15 is 0 Å². The number of esters is 1. The van der Waals surface area contributed by atoms with E-state index < -0.39 is 0 Å². The van der Waals surface area contributed by atoms with Gasteiger partial charge < -0.3 is 20.2 Å². The van der Waals surface area contributed by atoms with E-state index in [4.69, 9.17) is 15.2 Å². The van der Waals surface area contributed by atoms with Crippen LogP contribution in [-0.2, 0) is 29.0 Å². The van der Waals surface area contributed by atoms with Crippen molar-refractivity contribution in [2.45, 2.75) is 65.6 Å². The van der Waals surface area contributed by atoms with E-state index in [0.717, 1.165) is 57.5 Å². The summed E-state index contributed by atoms with van der Waals surface area (Å²) in [6.07, 6.45) is 2.92. The van der Waals surface area contributed by atoms with Gasteiger partial charge in [0.15, 0.2) is 11.5 Å². The first kappa shape index (κ1) is 29.5.